The number of rotatable bonds is 9. The predicted octanol–water partition coefficient (Wildman–Crippen LogP) is 2.69. The Balaban J connectivity index is 1.47. The molecular weight excluding hydrogens is 376 g/mol. The largest absolute Gasteiger partial charge is 0.382 e. The van der Waals surface area contributed by atoms with Crippen LogP contribution in [0.3, 0.4) is 0 Å². The highest BCUT2D eigenvalue weighted by atomic mass is 32.1. The Bertz CT molecular complexity index is 787. The van der Waals surface area contributed by atoms with Gasteiger partial charge in [-0.3, -0.25) is 4.79 Å². The van der Waals surface area contributed by atoms with E-state index in [2.05, 4.69) is 34.0 Å². The van der Waals surface area contributed by atoms with E-state index in [9.17, 15) is 4.79 Å². The summed E-state index contributed by atoms with van der Waals surface area (Å²) < 4.78 is 10.3. The monoisotopic (exact) mass is 406 g/mol. The number of hydrogen-bond acceptors (Lipinski definition) is 7. The average Bonchev–Trinajstić information content (AvgIpc) is 3.01. The van der Waals surface area contributed by atoms with E-state index in [1.54, 1.807) is 24.8 Å². The Morgan fingerprint density at radius 2 is 2.04 bits per heavy atom. The SMILES string of the molecule is COCCOCCCNC(=O)C1CCN(c2ncnc3sc(C)c(C)c23)CC1. The lowest BCUT2D eigenvalue weighted by Crippen LogP contribution is -2.41. The van der Waals surface area contributed by atoms with E-state index >= 15 is 0 Å². The second kappa shape index (κ2) is 10.1. The van der Waals surface area contributed by atoms with Crippen LogP contribution in [-0.4, -0.2) is 62.4 Å². The number of nitrogens with one attached hydrogen (secondary N) is 1. The minimum atomic E-state index is 0.0771. The van der Waals surface area contributed by atoms with Crippen LogP contribution in [0.2, 0.25) is 0 Å². The van der Waals surface area contributed by atoms with E-state index in [1.807, 2.05) is 0 Å². The molecule has 7 nitrogen and oxygen atoms in total. The van der Waals surface area contributed by atoms with Gasteiger partial charge in [-0.1, -0.05) is 0 Å². The number of carbonyl (C=O) groups is 1. The predicted molar refractivity (Wildman–Crippen MR) is 112 cm³/mol. The van der Waals surface area contributed by atoms with Crippen LogP contribution in [0.25, 0.3) is 10.2 Å². The second-order valence-electron chi connectivity index (χ2n) is 7.17. The molecule has 0 bridgehead atoms. The Labute approximate surface area is 170 Å². The fraction of sp³-hybridized carbons (Fsp3) is 0.650. The second-order valence-corrected chi connectivity index (χ2v) is 8.37. The van der Waals surface area contributed by atoms with Crippen molar-refractivity contribution in [3.63, 3.8) is 0 Å². The Kier molecular flexibility index (Phi) is 7.58. The van der Waals surface area contributed by atoms with Gasteiger partial charge in [-0.25, -0.2) is 9.97 Å². The van der Waals surface area contributed by atoms with E-state index in [-0.39, 0.29) is 11.8 Å². The molecular formula is C20H30N4O3S. The smallest absolute Gasteiger partial charge is 0.223 e. The first-order valence-corrected chi connectivity index (χ1v) is 10.7. The molecule has 0 unspecified atom stereocenters. The maximum atomic E-state index is 12.4. The van der Waals surface area contributed by atoms with Crippen molar-refractivity contribution in [1.29, 1.82) is 0 Å². The highest BCUT2D eigenvalue weighted by Crippen LogP contribution is 2.35. The first-order valence-electron chi connectivity index (χ1n) is 9.92. The number of carbonyl (C=O) groups excluding carboxylic acids is 1. The van der Waals surface area contributed by atoms with Crippen LogP contribution in [0.4, 0.5) is 5.82 Å². The number of methoxy groups -OCH3 is 1. The van der Waals surface area contributed by atoms with Crippen LogP contribution in [0, 0.1) is 19.8 Å². The fourth-order valence-electron chi connectivity index (χ4n) is 3.53. The molecule has 1 aliphatic rings. The van der Waals surface area contributed by atoms with Crippen molar-refractivity contribution >= 4 is 33.3 Å². The zero-order valence-corrected chi connectivity index (χ0v) is 17.8. The van der Waals surface area contributed by atoms with Gasteiger partial charge in [0.1, 0.15) is 17.0 Å². The summed E-state index contributed by atoms with van der Waals surface area (Å²) in [5.41, 5.74) is 1.27. The summed E-state index contributed by atoms with van der Waals surface area (Å²) in [6, 6.07) is 0. The van der Waals surface area contributed by atoms with Gasteiger partial charge in [-0.2, -0.15) is 0 Å². The first kappa shape index (κ1) is 21.0. The topological polar surface area (TPSA) is 76.6 Å². The van der Waals surface area contributed by atoms with E-state index in [0.717, 1.165) is 43.0 Å². The number of ether oxygens (including phenoxy) is 2. The van der Waals surface area contributed by atoms with Crippen molar-refractivity contribution in [2.45, 2.75) is 33.1 Å². The van der Waals surface area contributed by atoms with Crippen molar-refractivity contribution in [2.24, 2.45) is 5.92 Å². The molecule has 0 aliphatic carbocycles. The summed E-state index contributed by atoms with van der Waals surface area (Å²) in [7, 11) is 1.66. The van der Waals surface area contributed by atoms with E-state index in [1.165, 1.54) is 15.8 Å². The van der Waals surface area contributed by atoms with E-state index in [0.29, 0.717) is 26.4 Å². The molecule has 28 heavy (non-hydrogen) atoms. The van der Waals surface area contributed by atoms with Gasteiger partial charge in [0, 0.05) is 44.1 Å². The molecule has 3 rings (SSSR count). The van der Waals surface area contributed by atoms with Crippen LogP contribution in [0.5, 0.6) is 0 Å². The third-order valence-corrected chi connectivity index (χ3v) is 6.42. The van der Waals surface area contributed by atoms with Crippen molar-refractivity contribution in [3.05, 3.63) is 16.8 Å². The van der Waals surface area contributed by atoms with E-state index < -0.39 is 0 Å². The summed E-state index contributed by atoms with van der Waals surface area (Å²) in [6.07, 6.45) is 4.18. The lowest BCUT2D eigenvalue weighted by molar-refractivity contribution is -0.125. The maximum Gasteiger partial charge on any atom is 0.223 e. The van der Waals surface area contributed by atoms with Crippen LogP contribution in [0.1, 0.15) is 29.7 Å². The van der Waals surface area contributed by atoms with E-state index in [4.69, 9.17) is 9.47 Å². The molecule has 0 spiro atoms. The normalized spacial score (nSPS) is 15.3. The highest BCUT2D eigenvalue weighted by molar-refractivity contribution is 7.18. The fourth-order valence-corrected chi connectivity index (χ4v) is 4.52. The Morgan fingerprint density at radius 1 is 1.25 bits per heavy atom. The number of thiophene rings is 1. The van der Waals surface area contributed by atoms with Crippen LogP contribution >= 0.6 is 11.3 Å². The third kappa shape index (κ3) is 4.98. The van der Waals surface area contributed by atoms with Gasteiger partial charge < -0.3 is 19.7 Å². The molecule has 1 fully saturated rings. The standard InChI is InChI=1S/C20H30N4O3S/c1-14-15(2)28-20-17(14)18(22-13-23-20)24-8-5-16(6-9-24)19(25)21-7-4-10-27-12-11-26-3/h13,16H,4-12H2,1-3H3,(H,21,25). The molecule has 1 saturated heterocycles. The van der Waals surface area contributed by atoms with Gasteiger partial charge in [0.05, 0.1) is 18.6 Å². The molecule has 0 aromatic carbocycles. The van der Waals surface area contributed by atoms with Crippen molar-refractivity contribution in [3.8, 4) is 0 Å². The molecule has 154 valence electrons. The van der Waals surface area contributed by atoms with Gasteiger partial charge >= 0.3 is 0 Å². The van der Waals surface area contributed by atoms with Crippen LogP contribution < -0.4 is 10.2 Å². The van der Waals surface area contributed by atoms with Gasteiger partial charge in [-0.15, -0.1) is 11.3 Å². The van der Waals surface area contributed by atoms with Crippen molar-refractivity contribution in [1.82, 2.24) is 15.3 Å². The molecule has 1 amide bonds. The Morgan fingerprint density at radius 3 is 2.79 bits per heavy atom. The van der Waals surface area contributed by atoms with Crippen molar-refractivity contribution in [2.75, 3.05) is 51.5 Å². The average molecular weight is 407 g/mol. The summed E-state index contributed by atoms with van der Waals surface area (Å²) in [5.74, 6) is 1.25. The molecule has 1 N–H and O–H groups in total. The first-order chi connectivity index (χ1) is 13.6. The summed E-state index contributed by atoms with van der Waals surface area (Å²) in [4.78, 5) is 26.1. The molecule has 0 radical (unpaired) electrons. The number of anilines is 1. The van der Waals surface area contributed by atoms with Gasteiger partial charge in [0.2, 0.25) is 5.91 Å². The third-order valence-electron chi connectivity index (χ3n) is 5.31. The maximum absolute atomic E-state index is 12.4. The lowest BCUT2D eigenvalue weighted by atomic mass is 9.95. The minimum absolute atomic E-state index is 0.0771. The summed E-state index contributed by atoms with van der Waals surface area (Å²) >= 11 is 1.72. The zero-order valence-electron chi connectivity index (χ0n) is 17.0. The molecule has 0 atom stereocenters. The molecule has 1 aliphatic heterocycles. The quantitative estimate of drug-likeness (QED) is 0.645. The molecule has 8 heteroatoms. The number of aryl methyl sites for hydroxylation is 2. The number of aromatic nitrogens is 2. The Hall–Kier alpha value is -1.77. The minimum Gasteiger partial charge on any atom is -0.382 e. The number of nitrogens with zero attached hydrogens (tertiary/aromatic N) is 3. The van der Waals surface area contributed by atoms with Gasteiger partial charge in [0.25, 0.3) is 0 Å². The molecule has 3 heterocycles. The summed E-state index contributed by atoms with van der Waals surface area (Å²) in [5, 5.41) is 4.22. The lowest BCUT2D eigenvalue weighted by Gasteiger charge is -2.32. The number of amides is 1. The van der Waals surface area contributed by atoms with Gasteiger partial charge in [-0.05, 0) is 38.7 Å². The highest BCUT2D eigenvalue weighted by Gasteiger charge is 2.27. The number of fused-ring (bicyclic) bond motifs is 1. The van der Waals surface area contributed by atoms with Crippen LogP contribution in [0.15, 0.2) is 6.33 Å². The zero-order chi connectivity index (χ0) is 19.9. The van der Waals surface area contributed by atoms with Gasteiger partial charge in [0.15, 0.2) is 0 Å². The number of hydrogen-bond donors (Lipinski definition) is 1. The number of piperidine rings is 1. The summed E-state index contributed by atoms with van der Waals surface area (Å²) in [6.45, 7) is 8.47. The molecule has 2 aromatic rings. The molecule has 2 aromatic heterocycles. The van der Waals surface area contributed by atoms with Crippen LogP contribution in [-0.2, 0) is 14.3 Å². The van der Waals surface area contributed by atoms with Crippen molar-refractivity contribution < 1.29 is 14.3 Å². The molecule has 0 saturated carbocycles.